The number of rotatable bonds is 9. The first-order valence-electron chi connectivity index (χ1n) is 11.1. The van der Waals surface area contributed by atoms with Gasteiger partial charge in [-0.1, -0.05) is 23.7 Å². The molecule has 3 N–H and O–H groups in total. The van der Waals surface area contributed by atoms with E-state index in [0.717, 1.165) is 27.5 Å². The maximum absolute atomic E-state index is 12.4. The van der Waals surface area contributed by atoms with Crippen LogP contribution >= 0.6 is 22.9 Å². The van der Waals surface area contributed by atoms with Crippen LogP contribution in [0.15, 0.2) is 83.3 Å². The zero-order valence-corrected chi connectivity index (χ0v) is 21.3. The molecule has 0 aliphatic carbocycles. The Labute approximate surface area is 217 Å². The van der Waals surface area contributed by atoms with E-state index in [0.29, 0.717) is 23.8 Å². The Balaban J connectivity index is 1.28. The first kappa shape index (κ1) is 24.3. The van der Waals surface area contributed by atoms with Crippen molar-refractivity contribution in [2.75, 3.05) is 18.4 Å². The Morgan fingerprint density at radius 3 is 2.67 bits per heavy atom. The van der Waals surface area contributed by atoms with Crippen LogP contribution in [0.2, 0.25) is 5.02 Å². The highest BCUT2D eigenvalue weighted by atomic mass is 35.5. The van der Waals surface area contributed by atoms with Crippen molar-refractivity contribution >= 4 is 43.7 Å². The number of benzene rings is 2. The van der Waals surface area contributed by atoms with Crippen LogP contribution in [0.1, 0.15) is 6.42 Å². The number of phenols is 1. The van der Waals surface area contributed by atoms with E-state index in [1.165, 1.54) is 23.5 Å². The standard InChI is InChI=1S/C25H22ClN5O3S2/c26-19-5-7-21(8-6-19)36(33,34)29-11-2-10-27-22-16-18(9-12-28-22)24-23(17-3-1-4-20(32)15-17)30-25-31(24)13-14-35-25/h1,3-9,12-16,29,32H,2,10-11H2,(H,27,28). The second-order valence-electron chi connectivity index (χ2n) is 7.98. The van der Waals surface area contributed by atoms with Gasteiger partial charge in [0.15, 0.2) is 4.96 Å². The number of aromatic hydroxyl groups is 1. The number of sulfonamides is 1. The minimum atomic E-state index is -3.59. The van der Waals surface area contributed by atoms with E-state index in [9.17, 15) is 13.5 Å². The van der Waals surface area contributed by atoms with Crippen LogP contribution < -0.4 is 10.0 Å². The molecule has 11 heteroatoms. The normalized spacial score (nSPS) is 11.7. The topological polar surface area (TPSA) is 109 Å². The Morgan fingerprint density at radius 2 is 1.86 bits per heavy atom. The largest absolute Gasteiger partial charge is 0.508 e. The molecule has 5 rings (SSSR count). The van der Waals surface area contributed by atoms with E-state index in [-0.39, 0.29) is 17.2 Å². The highest BCUT2D eigenvalue weighted by molar-refractivity contribution is 7.89. The molecule has 0 aliphatic rings. The summed E-state index contributed by atoms with van der Waals surface area (Å²) in [4.78, 5) is 10.2. The Bertz CT molecular complexity index is 1610. The molecule has 5 aromatic rings. The van der Waals surface area contributed by atoms with Crippen LogP contribution in [0.25, 0.3) is 27.5 Å². The summed E-state index contributed by atoms with van der Waals surface area (Å²) in [5, 5.41) is 15.7. The SMILES string of the molecule is O=S(=O)(NCCCNc1cc(-c2c(-c3cccc(O)c3)nc3sccn23)ccn1)c1ccc(Cl)cc1. The molecule has 0 unspecified atom stereocenters. The molecule has 184 valence electrons. The lowest BCUT2D eigenvalue weighted by atomic mass is 10.1. The summed E-state index contributed by atoms with van der Waals surface area (Å²) in [5.41, 5.74) is 3.41. The van der Waals surface area contributed by atoms with Crippen LogP contribution in [0, 0.1) is 0 Å². The number of pyridine rings is 1. The summed E-state index contributed by atoms with van der Waals surface area (Å²) < 4.78 is 29.4. The summed E-state index contributed by atoms with van der Waals surface area (Å²) >= 11 is 7.37. The van der Waals surface area contributed by atoms with Crippen LogP contribution in [-0.4, -0.2) is 41.0 Å². The molecule has 0 spiro atoms. The van der Waals surface area contributed by atoms with Crippen molar-refractivity contribution in [1.82, 2.24) is 19.1 Å². The lowest BCUT2D eigenvalue weighted by Crippen LogP contribution is -2.26. The third kappa shape index (κ3) is 5.21. The average molecular weight is 540 g/mol. The van der Waals surface area contributed by atoms with E-state index in [1.54, 1.807) is 36.5 Å². The van der Waals surface area contributed by atoms with Gasteiger partial charge in [0, 0.05) is 47.0 Å². The first-order valence-corrected chi connectivity index (χ1v) is 13.9. The second kappa shape index (κ2) is 10.3. The number of anilines is 1. The molecular weight excluding hydrogens is 518 g/mol. The van der Waals surface area contributed by atoms with E-state index in [4.69, 9.17) is 16.6 Å². The Hall–Kier alpha value is -3.44. The van der Waals surface area contributed by atoms with Crippen LogP contribution in [0.3, 0.4) is 0 Å². The first-order chi connectivity index (χ1) is 17.4. The fraction of sp³-hybridized carbons (Fsp3) is 0.120. The number of halogens is 1. The molecule has 0 bridgehead atoms. The van der Waals surface area contributed by atoms with Crippen molar-refractivity contribution in [3.05, 3.63) is 83.5 Å². The lowest BCUT2D eigenvalue weighted by Gasteiger charge is -2.10. The predicted octanol–water partition coefficient (Wildman–Crippen LogP) is 5.26. The Kier molecular flexibility index (Phi) is 6.92. The monoisotopic (exact) mass is 539 g/mol. The number of imidazole rings is 1. The minimum absolute atomic E-state index is 0.178. The molecule has 0 atom stereocenters. The van der Waals surface area contributed by atoms with Gasteiger partial charge in [0.05, 0.1) is 16.3 Å². The van der Waals surface area contributed by atoms with Crippen LogP contribution in [0.4, 0.5) is 5.82 Å². The molecule has 3 heterocycles. The number of phenolic OH excluding ortho intramolecular Hbond substituents is 1. The van der Waals surface area contributed by atoms with Crippen molar-refractivity contribution in [3.63, 3.8) is 0 Å². The summed E-state index contributed by atoms with van der Waals surface area (Å²) in [5.74, 6) is 0.846. The fourth-order valence-electron chi connectivity index (χ4n) is 3.80. The van der Waals surface area contributed by atoms with Gasteiger partial charge in [0.25, 0.3) is 0 Å². The molecule has 2 aromatic carbocycles. The van der Waals surface area contributed by atoms with Crippen molar-refractivity contribution in [2.24, 2.45) is 0 Å². The molecule has 36 heavy (non-hydrogen) atoms. The summed E-state index contributed by atoms with van der Waals surface area (Å²) in [6.45, 7) is 0.802. The number of aromatic nitrogens is 3. The zero-order chi connectivity index (χ0) is 25.1. The number of hydrogen-bond acceptors (Lipinski definition) is 7. The molecule has 0 saturated heterocycles. The molecule has 0 radical (unpaired) electrons. The van der Waals surface area contributed by atoms with Gasteiger partial charge in [0.2, 0.25) is 10.0 Å². The number of fused-ring (bicyclic) bond motifs is 1. The van der Waals surface area contributed by atoms with Gasteiger partial charge in [-0.3, -0.25) is 4.40 Å². The molecular formula is C25H22ClN5O3S2. The number of hydrogen-bond donors (Lipinski definition) is 3. The highest BCUT2D eigenvalue weighted by Crippen LogP contribution is 2.35. The van der Waals surface area contributed by atoms with Gasteiger partial charge in [0.1, 0.15) is 11.6 Å². The smallest absolute Gasteiger partial charge is 0.240 e. The van der Waals surface area contributed by atoms with Gasteiger partial charge in [-0.25, -0.2) is 23.1 Å². The Morgan fingerprint density at radius 1 is 1.03 bits per heavy atom. The minimum Gasteiger partial charge on any atom is -0.508 e. The summed E-state index contributed by atoms with van der Waals surface area (Å²) in [7, 11) is -3.59. The van der Waals surface area contributed by atoms with Crippen molar-refractivity contribution < 1.29 is 13.5 Å². The molecule has 8 nitrogen and oxygen atoms in total. The predicted molar refractivity (Wildman–Crippen MR) is 143 cm³/mol. The lowest BCUT2D eigenvalue weighted by molar-refractivity contribution is 0.475. The van der Waals surface area contributed by atoms with Crippen molar-refractivity contribution in [3.8, 4) is 28.3 Å². The maximum atomic E-state index is 12.4. The molecule has 0 fully saturated rings. The van der Waals surface area contributed by atoms with Crippen molar-refractivity contribution in [1.29, 1.82) is 0 Å². The van der Waals surface area contributed by atoms with E-state index >= 15 is 0 Å². The van der Waals surface area contributed by atoms with E-state index in [2.05, 4.69) is 15.0 Å². The van der Waals surface area contributed by atoms with Gasteiger partial charge in [-0.2, -0.15) is 0 Å². The van der Waals surface area contributed by atoms with Crippen molar-refractivity contribution in [2.45, 2.75) is 11.3 Å². The van der Waals surface area contributed by atoms with E-state index < -0.39 is 10.0 Å². The summed E-state index contributed by atoms with van der Waals surface area (Å²) in [6, 6.07) is 16.9. The quantitative estimate of drug-likeness (QED) is 0.220. The van der Waals surface area contributed by atoms with E-state index in [1.807, 2.05) is 34.2 Å². The third-order valence-electron chi connectivity index (χ3n) is 5.49. The van der Waals surface area contributed by atoms with Crippen LogP contribution in [0.5, 0.6) is 5.75 Å². The molecule has 0 amide bonds. The van der Waals surface area contributed by atoms with Gasteiger partial charge in [-0.15, -0.1) is 11.3 Å². The van der Waals surface area contributed by atoms with Crippen LogP contribution in [-0.2, 0) is 10.0 Å². The zero-order valence-electron chi connectivity index (χ0n) is 18.9. The second-order valence-corrected chi connectivity index (χ2v) is 11.1. The molecule has 0 saturated carbocycles. The van der Waals surface area contributed by atoms with Gasteiger partial charge in [-0.05, 0) is 55.0 Å². The number of nitrogens with one attached hydrogen (secondary N) is 2. The third-order valence-corrected chi connectivity index (χ3v) is 7.98. The number of nitrogens with zero attached hydrogens (tertiary/aromatic N) is 3. The molecule has 3 aromatic heterocycles. The van der Waals surface area contributed by atoms with Gasteiger partial charge < -0.3 is 10.4 Å². The highest BCUT2D eigenvalue weighted by Gasteiger charge is 2.18. The van der Waals surface area contributed by atoms with Gasteiger partial charge >= 0.3 is 0 Å². The average Bonchev–Trinajstić information content (AvgIpc) is 3.46. The summed E-state index contributed by atoms with van der Waals surface area (Å²) in [6.07, 6.45) is 4.25. The number of thiazole rings is 1. The maximum Gasteiger partial charge on any atom is 0.240 e. The molecule has 0 aliphatic heterocycles. The fourth-order valence-corrected chi connectivity index (χ4v) is 5.71.